The molecule has 0 saturated heterocycles. The topological polar surface area (TPSA) is 139 Å². The van der Waals surface area contributed by atoms with E-state index in [0.29, 0.717) is 18.5 Å². The second-order valence-electron chi connectivity index (χ2n) is 5.60. The van der Waals surface area contributed by atoms with E-state index in [1.807, 2.05) is 38.1 Å². The molecular weight excluding hydrogens is 300 g/mol. The number of carboxylic acid groups (broad SMARTS) is 1. The molecule has 0 fully saturated rings. The van der Waals surface area contributed by atoms with Gasteiger partial charge in [0.1, 0.15) is 6.04 Å². The van der Waals surface area contributed by atoms with E-state index in [1.54, 1.807) is 6.08 Å². The number of carbonyl (C=O) groups is 3. The molecule has 1 atom stereocenters. The van der Waals surface area contributed by atoms with E-state index in [-0.39, 0.29) is 18.4 Å². The Balaban J connectivity index is 0.000000433. The third-order valence-electron chi connectivity index (χ3n) is 2.90. The molecule has 23 heavy (non-hydrogen) atoms. The molecule has 0 saturated carbocycles. The predicted molar refractivity (Wildman–Crippen MR) is 87.1 cm³/mol. The highest BCUT2D eigenvalue weighted by Crippen LogP contribution is 2.04. The second kappa shape index (κ2) is 10.4. The SMILES string of the molecule is CC(C)CC(NC(=O)CN)C(=O)O.CN1C=CC=C(C(N)=O)C1. The lowest BCUT2D eigenvalue weighted by Gasteiger charge is -2.17. The quantitative estimate of drug-likeness (QED) is 0.515. The largest absolute Gasteiger partial charge is 0.480 e. The van der Waals surface area contributed by atoms with Crippen LogP contribution in [0.3, 0.4) is 0 Å². The number of nitrogens with zero attached hydrogens (tertiary/aromatic N) is 1. The Hall–Kier alpha value is -2.35. The molecule has 1 unspecified atom stereocenters. The summed E-state index contributed by atoms with van der Waals surface area (Å²) in [6, 6.07) is -0.823. The van der Waals surface area contributed by atoms with Crippen molar-refractivity contribution < 1.29 is 19.5 Å². The molecule has 8 nitrogen and oxygen atoms in total. The standard InChI is InChI=1S/C8H16N2O3.C7H10N2O/c1-5(2)3-6(8(12)13)10-7(11)4-9;1-9-4-2-3-6(5-9)7(8)10/h5-6H,3-4,9H2,1-2H3,(H,10,11)(H,12,13);2-4H,5H2,1H3,(H2,8,10). The Bertz CT molecular complexity index is 486. The number of primary amides is 1. The van der Waals surface area contributed by atoms with Gasteiger partial charge in [0.25, 0.3) is 0 Å². The molecule has 1 aliphatic rings. The van der Waals surface area contributed by atoms with Crippen molar-refractivity contribution in [2.45, 2.75) is 26.3 Å². The molecule has 1 aliphatic heterocycles. The molecule has 0 radical (unpaired) electrons. The number of allylic oxidation sites excluding steroid dienone is 2. The first-order valence-corrected chi connectivity index (χ1v) is 7.27. The monoisotopic (exact) mass is 326 g/mol. The predicted octanol–water partition coefficient (Wildman–Crippen LogP) is -0.582. The highest BCUT2D eigenvalue weighted by Gasteiger charge is 2.19. The number of rotatable bonds is 6. The van der Waals surface area contributed by atoms with Crippen molar-refractivity contribution >= 4 is 17.8 Å². The lowest BCUT2D eigenvalue weighted by atomic mass is 10.0. The van der Waals surface area contributed by atoms with Gasteiger partial charge < -0.3 is 26.8 Å². The maximum atomic E-state index is 10.8. The summed E-state index contributed by atoms with van der Waals surface area (Å²) >= 11 is 0. The van der Waals surface area contributed by atoms with Crippen molar-refractivity contribution in [3.8, 4) is 0 Å². The zero-order chi connectivity index (χ0) is 18.0. The minimum absolute atomic E-state index is 0.179. The van der Waals surface area contributed by atoms with Gasteiger partial charge in [0.05, 0.1) is 6.54 Å². The van der Waals surface area contributed by atoms with Crippen LogP contribution in [0.2, 0.25) is 0 Å². The number of carbonyl (C=O) groups excluding carboxylic acids is 2. The summed E-state index contributed by atoms with van der Waals surface area (Å²) in [5.74, 6) is -1.57. The van der Waals surface area contributed by atoms with Gasteiger partial charge in [0.2, 0.25) is 11.8 Å². The van der Waals surface area contributed by atoms with Crippen LogP contribution in [0.15, 0.2) is 23.9 Å². The van der Waals surface area contributed by atoms with E-state index in [2.05, 4.69) is 5.32 Å². The van der Waals surface area contributed by atoms with Gasteiger partial charge in [0.15, 0.2) is 0 Å². The number of nitrogens with one attached hydrogen (secondary N) is 1. The minimum Gasteiger partial charge on any atom is -0.480 e. The molecule has 1 heterocycles. The van der Waals surface area contributed by atoms with Gasteiger partial charge in [-0.2, -0.15) is 0 Å². The average Bonchev–Trinajstić information content (AvgIpc) is 2.46. The molecule has 6 N–H and O–H groups in total. The highest BCUT2D eigenvalue weighted by molar-refractivity contribution is 5.92. The smallest absolute Gasteiger partial charge is 0.326 e. The summed E-state index contributed by atoms with van der Waals surface area (Å²) in [5, 5.41) is 11.0. The van der Waals surface area contributed by atoms with Crippen LogP contribution in [0.1, 0.15) is 20.3 Å². The van der Waals surface area contributed by atoms with Gasteiger partial charge in [-0.25, -0.2) is 4.79 Å². The normalized spacial score (nSPS) is 14.5. The van der Waals surface area contributed by atoms with E-state index >= 15 is 0 Å². The van der Waals surface area contributed by atoms with Crippen molar-refractivity contribution in [2.75, 3.05) is 20.1 Å². The lowest BCUT2D eigenvalue weighted by molar-refractivity contribution is -0.142. The second-order valence-corrected chi connectivity index (χ2v) is 5.60. The van der Waals surface area contributed by atoms with Crippen LogP contribution < -0.4 is 16.8 Å². The maximum absolute atomic E-state index is 10.8. The maximum Gasteiger partial charge on any atom is 0.326 e. The molecule has 1 rings (SSSR count). The van der Waals surface area contributed by atoms with Crippen LogP contribution >= 0.6 is 0 Å². The number of amides is 2. The van der Waals surface area contributed by atoms with Crippen LogP contribution in [0, 0.1) is 5.92 Å². The third kappa shape index (κ3) is 9.30. The molecule has 0 aromatic carbocycles. The van der Waals surface area contributed by atoms with Crippen molar-refractivity contribution in [2.24, 2.45) is 17.4 Å². The minimum atomic E-state index is -1.02. The van der Waals surface area contributed by atoms with Crippen LogP contribution in [0.5, 0.6) is 0 Å². The number of carboxylic acids is 1. The number of hydrogen-bond donors (Lipinski definition) is 4. The number of aliphatic carboxylic acids is 1. The average molecular weight is 326 g/mol. The van der Waals surface area contributed by atoms with Gasteiger partial charge in [0, 0.05) is 19.2 Å². The zero-order valence-corrected chi connectivity index (χ0v) is 13.8. The molecule has 130 valence electrons. The lowest BCUT2D eigenvalue weighted by Crippen LogP contribution is -2.44. The molecule has 0 aromatic rings. The van der Waals surface area contributed by atoms with Crippen LogP contribution in [-0.4, -0.2) is 54.0 Å². The van der Waals surface area contributed by atoms with E-state index < -0.39 is 17.9 Å². The number of hydrogen-bond acceptors (Lipinski definition) is 5. The molecule has 8 heteroatoms. The number of likely N-dealkylation sites (N-methyl/N-ethyl adjacent to an activating group) is 1. The first kappa shape index (κ1) is 20.6. The van der Waals surface area contributed by atoms with E-state index in [4.69, 9.17) is 16.6 Å². The molecule has 0 spiro atoms. The fraction of sp³-hybridized carbons (Fsp3) is 0.533. The van der Waals surface area contributed by atoms with Gasteiger partial charge >= 0.3 is 5.97 Å². The molecule has 0 bridgehead atoms. The summed E-state index contributed by atoms with van der Waals surface area (Å²) in [4.78, 5) is 33.9. The van der Waals surface area contributed by atoms with Gasteiger partial charge in [-0.3, -0.25) is 9.59 Å². The highest BCUT2D eigenvalue weighted by atomic mass is 16.4. The summed E-state index contributed by atoms with van der Waals surface area (Å²) in [6.45, 7) is 4.22. The summed E-state index contributed by atoms with van der Waals surface area (Å²) in [6.07, 6.45) is 5.86. The Kier molecular flexibility index (Phi) is 9.33. The Labute approximate surface area is 136 Å². The molecule has 0 aromatic heterocycles. The van der Waals surface area contributed by atoms with Gasteiger partial charge in [-0.15, -0.1) is 0 Å². The van der Waals surface area contributed by atoms with E-state index in [0.717, 1.165) is 0 Å². The third-order valence-corrected chi connectivity index (χ3v) is 2.90. The van der Waals surface area contributed by atoms with Crippen molar-refractivity contribution in [3.05, 3.63) is 23.9 Å². The first-order valence-electron chi connectivity index (χ1n) is 7.27. The Morgan fingerprint density at radius 1 is 1.39 bits per heavy atom. The van der Waals surface area contributed by atoms with Crippen molar-refractivity contribution in [3.63, 3.8) is 0 Å². The van der Waals surface area contributed by atoms with Crippen LogP contribution in [0.25, 0.3) is 0 Å². The van der Waals surface area contributed by atoms with Gasteiger partial charge in [-0.05, 0) is 24.6 Å². The fourth-order valence-electron chi connectivity index (χ4n) is 1.79. The summed E-state index contributed by atoms with van der Waals surface area (Å²) < 4.78 is 0. The van der Waals surface area contributed by atoms with E-state index in [9.17, 15) is 14.4 Å². The first-order chi connectivity index (χ1) is 10.7. The Morgan fingerprint density at radius 3 is 2.35 bits per heavy atom. The molecule has 2 amide bonds. The van der Waals surface area contributed by atoms with Gasteiger partial charge in [-0.1, -0.05) is 19.9 Å². The van der Waals surface area contributed by atoms with Crippen molar-refractivity contribution in [1.29, 1.82) is 0 Å². The fourth-order valence-corrected chi connectivity index (χ4v) is 1.79. The van der Waals surface area contributed by atoms with Crippen molar-refractivity contribution in [1.82, 2.24) is 10.2 Å². The summed E-state index contributed by atoms with van der Waals surface area (Å²) in [5.41, 5.74) is 10.8. The molecular formula is C15H26N4O4. The van der Waals surface area contributed by atoms with Crippen LogP contribution in [-0.2, 0) is 14.4 Å². The molecule has 0 aliphatic carbocycles. The summed E-state index contributed by atoms with van der Waals surface area (Å²) in [7, 11) is 1.90. The van der Waals surface area contributed by atoms with E-state index in [1.165, 1.54) is 0 Å². The number of nitrogens with two attached hydrogens (primary N) is 2. The van der Waals surface area contributed by atoms with Crippen LogP contribution in [0.4, 0.5) is 0 Å². The Morgan fingerprint density at radius 2 is 2.00 bits per heavy atom. The zero-order valence-electron chi connectivity index (χ0n) is 13.8.